The van der Waals surface area contributed by atoms with Crippen molar-refractivity contribution in [2.24, 2.45) is 5.73 Å². The standard InChI is InChI=1S/C12H14N2O2/c1-16-10-2-3-12-11(6-10)9(4-5-13)7-14(12)8-15/h2-3,6-8H,4-5,13H2,1H3. The number of hydrogen-bond acceptors (Lipinski definition) is 3. The molecule has 0 saturated carbocycles. The van der Waals surface area contributed by atoms with E-state index in [9.17, 15) is 4.79 Å². The lowest BCUT2D eigenvalue weighted by molar-refractivity contribution is 0.415. The molecule has 0 unspecified atom stereocenters. The average molecular weight is 218 g/mol. The van der Waals surface area contributed by atoms with Gasteiger partial charge in [-0.3, -0.25) is 9.36 Å². The molecule has 1 aromatic heterocycles. The van der Waals surface area contributed by atoms with Gasteiger partial charge >= 0.3 is 0 Å². The van der Waals surface area contributed by atoms with Crippen molar-refractivity contribution in [1.29, 1.82) is 0 Å². The first kappa shape index (κ1) is 10.7. The summed E-state index contributed by atoms with van der Waals surface area (Å²) >= 11 is 0. The fraction of sp³-hybridized carbons (Fsp3) is 0.250. The molecule has 0 atom stereocenters. The molecule has 84 valence electrons. The van der Waals surface area contributed by atoms with Gasteiger partial charge in [0.05, 0.1) is 12.6 Å². The molecule has 0 aliphatic heterocycles. The van der Waals surface area contributed by atoms with Gasteiger partial charge in [-0.25, -0.2) is 0 Å². The highest BCUT2D eigenvalue weighted by Gasteiger charge is 2.08. The fourth-order valence-electron chi connectivity index (χ4n) is 1.87. The van der Waals surface area contributed by atoms with Gasteiger partial charge in [0, 0.05) is 11.6 Å². The van der Waals surface area contributed by atoms with E-state index in [1.165, 1.54) is 0 Å². The smallest absolute Gasteiger partial charge is 0.218 e. The quantitative estimate of drug-likeness (QED) is 0.784. The van der Waals surface area contributed by atoms with Crippen LogP contribution in [0.15, 0.2) is 24.4 Å². The molecule has 0 amide bonds. The Balaban J connectivity index is 2.65. The Labute approximate surface area is 93.6 Å². The monoisotopic (exact) mass is 218 g/mol. The van der Waals surface area contributed by atoms with Crippen LogP contribution in [-0.2, 0) is 11.2 Å². The highest BCUT2D eigenvalue weighted by molar-refractivity contribution is 5.89. The van der Waals surface area contributed by atoms with E-state index in [0.29, 0.717) is 6.54 Å². The van der Waals surface area contributed by atoms with Crippen LogP contribution in [0, 0.1) is 0 Å². The van der Waals surface area contributed by atoms with Gasteiger partial charge in [0.1, 0.15) is 5.75 Å². The summed E-state index contributed by atoms with van der Waals surface area (Å²) in [5.41, 5.74) is 7.50. The maximum Gasteiger partial charge on any atom is 0.218 e. The molecule has 1 heterocycles. The number of ether oxygens (including phenoxy) is 1. The van der Waals surface area contributed by atoms with Gasteiger partial charge in [-0.1, -0.05) is 0 Å². The molecule has 4 heteroatoms. The Morgan fingerprint density at radius 2 is 2.31 bits per heavy atom. The molecule has 2 aromatic rings. The zero-order chi connectivity index (χ0) is 11.5. The van der Waals surface area contributed by atoms with Crippen LogP contribution >= 0.6 is 0 Å². The van der Waals surface area contributed by atoms with Crippen molar-refractivity contribution < 1.29 is 9.53 Å². The summed E-state index contributed by atoms with van der Waals surface area (Å²) in [5.74, 6) is 0.787. The third-order valence-electron chi connectivity index (χ3n) is 2.65. The second kappa shape index (κ2) is 4.37. The van der Waals surface area contributed by atoms with E-state index in [1.54, 1.807) is 11.7 Å². The summed E-state index contributed by atoms with van der Waals surface area (Å²) in [7, 11) is 1.63. The third-order valence-corrected chi connectivity index (χ3v) is 2.65. The van der Waals surface area contributed by atoms with Crippen LogP contribution in [0.25, 0.3) is 10.9 Å². The van der Waals surface area contributed by atoms with Crippen LogP contribution in [0.5, 0.6) is 5.75 Å². The number of aromatic nitrogens is 1. The Morgan fingerprint density at radius 1 is 1.50 bits per heavy atom. The van der Waals surface area contributed by atoms with Crippen molar-refractivity contribution in [3.05, 3.63) is 30.0 Å². The molecule has 1 aromatic carbocycles. The predicted molar refractivity (Wildman–Crippen MR) is 63.4 cm³/mol. The Hall–Kier alpha value is -1.81. The number of nitrogens with zero attached hydrogens (tertiary/aromatic N) is 1. The van der Waals surface area contributed by atoms with Gasteiger partial charge in [-0.05, 0) is 36.7 Å². The van der Waals surface area contributed by atoms with Crippen LogP contribution in [0.1, 0.15) is 5.56 Å². The zero-order valence-corrected chi connectivity index (χ0v) is 9.14. The average Bonchev–Trinajstić information content (AvgIpc) is 2.67. The van der Waals surface area contributed by atoms with Gasteiger partial charge < -0.3 is 10.5 Å². The minimum absolute atomic E-state index is 0.565. The van der Waals surface area contributed by atoms with Crippen molar-refractivity contribution in [3.63, 3.8) is 0 Å². The number of hydrogen-bond donors (Lipinski definition) is 1. The van der Waals surface area contributed by atoms with E-state index in [4.69, 9.17) is 10.5 Å². The van der Waals surface area contributed by atoms with E-state index in [0.717, 1.165) is 35.0 Å². The van der Waals surface area contributed by atoms with Crippen molar-refractivity contribution in [3.8, 4) is 5.75 Å². The molecule has 0 fully saturated rings. The summed E-state index contributed by atoms with van der Waals surface area (Å²) in [6, 6.07) is 5.65. The first-order chi connectivity index (χ1) is 7.80. The molecular formula is C12H14N2O2. The topological polar surface area (TPSA) is 57.2 Å². The summed E-state index contributed by atoms with van der Waals surface area (Å²) in [6.45, 7) is 0.565. The minimum atomic E-state index is 0.565. The van der Waals surface area contributed by atoms with Crippen molar-refractivity contribution in [2.45, 2.75) is 6.42 Å². The Morgan fingerprint density at radius 3 is 2.94 bits per heavy atom. The lowest BCUT2D eigenvalue weighted by atomic mass is 10.1. The zero-order valence-electron chi connectivity index (χ0n) is 9.14. The summed E-state index contributed by atoms with van der Waals surface area (Å²) in [5, 5.41) is 1.02. The van der Waals surface area contributed by atoms with E-state index >= 15 is 0 Å². The van der Waals surface area contributed by atoms with Crippen LogP contribution < -0.4 is 10.5 Å². The molecule has 0 aliphatic rings. The van der Waals surface area contributed by atoms with Crippen LogP contribution in [0.3, 0.4) is 0 Å². The molecule has 0 aliphatic carbocycles. The first-order valence-electron chi connectivity index (χ1n) is 5.13. The fourth-order valence-corrected chi connectivity index (χ4v) is 1.87. The molecule has 0 spiro atoms. The Bertz CT molecular complexity index is 517. The first-order valence-corrected chi connectivity index (χ1v) is 5.13. The van der Waals surface area contributed by atoms with Gasteiger partial charge in [0.25, 0.3) is 0 Å². The van der Waals surface area contributed by atoms with E-state index < -0.39 is 0 Å². The number of carbonyl (C=O) groups is 1. The summed E-state index contributed by atoms with van der Waals surface area (Å²) in [4.78, 5) is 10.9. The van der Waals surface area contributed by atoms with E-state index in [-0.39, 0.29) is 0 Å². The van der Waals surface area contributed by atoms with Crippen molar-refractivity contribution >= 4 is 17.3 Å². The van der Waals surface area contributed by atoms with Crippen molar-refractivity contribution in [2.75, 3.05) is 13.7 Å². The maximum absolute atomic E-state index is 10.9. The Kier molecular flexibility index (Phi) is 2.92. The lowest BCUT2D eigenvalue weighted by Gasteiger charge is -2.01. The van der Waals surface area contributed by atoms with Crippen LogP contribution in [-0.4, -0.2) is 24.6 Å². The second-order valence-corrected chi connectivity index (χ2v) is 3.59. The highest BCUT2D eigenvalue weighted by atomic mass is 16.5. The number of rotatable bonds is 4. The highest BCUT2D eigenvalue weighted by Crippen LogP contribution is 2.25. The van der Waals surface area contributed by atoms with Gasteiger partial charge in [0.2, 0.25) is 6.41 Å². The molecule has 0 radical (unpaired) electrons. The second-order valence-electron chi connectivity index (χ2n) is 3.59. The SMILES string of the molecule is COc1ccc2c(c1)c(CCN)cn2C=O. The molecule has 4 nitrogen and oxygen atoms in total. The number of benzene rings is 1. The molecule has 0 bridgehead atoms. The van der Waals surface area contributed by atoms with Crippen LogP contribution in [0.4, 0.5) is 0 Å². The molecule has 16 heavy (non-hydrogen) atoms. The van der Waals surface area contributed by atoms with Crippen LogP contribution in [0.2, 0.25) is 0 Å². The molecule has 2 N–H and O–H groups in total. The number of methoxy groups -OCH3 is 1. The van der Waals surface area contributed by atoms with Gasteiger partial charge in [-0.15, -0.1) is 0 Å². The van der Waals surface area contributed by atoms with E-state index in [2.05, 4.69) is 0 Å². The minimum Gasteiger partial charge on any atom is -0.497 e. The van der Waals surface area contributed by atoms with Crippen molar-refractivity contribution in [1.82, 2.24) is 4.57 Å². The summed E-state index contributed by atoms with van der Waals surface area (Å²) in [6.07, 6.45) is 3.38. The molecule has 2 rings (SSSR count). The molecular weight excluding hydrogens is 204 g/mol. The normalized spacial score (nSPS) is 10.6. The lowest BCUT2D eigenvalue weighted by Crippen LogP contribution is -2.02. The maximum atomic E-state index is 10.9. The predicted octanol–water partition coefficient (Wildman–Crippen LogP) is 1.19. The van der Waals surface area contributed by atoms with Gasteiger partial charge in [0.15, 0.2) is 0 Å². The third kappa shape index (κ3) is 1.67. The largest absolute Gasteiger partial charge is 0.497 e. The summed E-state index contributed by atoms with van der Waals surface area (Å²) < 4.78 is 6.74. The van der Waals surface area contributed by atoms with E-state index in [1.807, 2.05) is 24.4 Å². The van der Waals surface area contributed by atoms with Gasteiger partial charge in [-0.2, -0.15) is 0 Å². The molecule has 0 saturated heterocycles. The number of nitrogens with two attached hydrogens (primary N) is 1. The number of carbonyl (C=O) groups excluding carboxylic acids is 1. The number of fused-ring (bicyclic) bond motifs is 1.